The number of benzene rings is 1. The van der Waals surface area contributed by atoms with Crippen LogP contribution in [0.15, 0.2) is 24.3 Å². The van der Waals surface area contributed by atoms with Gasteiger partial charge in [0.2, 0.25) is 0 Å². The van der Waals surface area contributed by atoms with E-state index in [-0.39, 0.29) is 6.61 Å². The lowest BCUT2D eigenvalue weighted by Gasteiger charge is -2.26. The molecule has 0 aromatic heterocycles. The quantitative estimate of drug-likeness (QED) is 0.812. The van der Waals surface area contributed by atoms with E-state index in [1.807, 2.05) is 6.07 Å². The SMILES string of the molecule is CC(CCO)CNCC1CCOc2ccccc21. The summed E-state index contributed by atoms with van der Waals surface area (Å²) in [6, 6.07) is 8.32. The third-order valence-electron chi connectivity index (χ3n) is 3.59. The van der Waals surface area contributed by atoms with Crippen molar-refractivity contribution in [3.05, 3.63) is 29.8 Å². The van der Waals surface area contributed by atoms with E-state index in [2.05, 4.69) is 30.4 Å². The van der Waals surface area contributed by atoms with Crippen LogP contribution in [0.4, 0.5) is 0 Å². The molecule has 1 heterocycles. The Balaban J connectivity index is 1.84. The summed E-state index contributed by atoms with van der Waals surface area (Å²) in [5.41, 5.74) is 1.33. The minimum atomic E-state index is 0.281. The molecule has 2 atom stereocenters. The van der Waals surface area contributed by atoms with Crippen LogP contribution in [-0.2, 0) is 0 Å². The molecule has 100 valence electrons. The summed E-state index contributed by atoms with van der Waals surface area (Å²) >= 11 is 0. The van der Waals surface area contributed by atoms with Crippen LogP contribution < -0.4 is 10.1 Å². The van der Waals surface area contributed by atoms with Crippen LogP contribution in [0.2, 0.25) is 0 Å². The van der Waals surface area contributed by atoms with Gasteiger partial charge in [-0.2, -0.15) is 0 Å². The molecule has 2 N–H and O–H groups in total. The highest BCUT2D eigenvalue weighted by molar-refractivity contribution is 5.37. The van der Waals surface area contributed by atoms with Crippen LogP contribution in [0.25, 0.3) is 0 Å². The fourth-order valence-corrected chi connectivity index (χ4v) is 2.45. The van der Waals surface area contributed by atoms with E-state index in [4.69, 9.17) is 9.84 Å². The first kappa shape index (κ1) is 13.4. The van der Waals surface area contributed by atoms with Crippen molar-refractivity contribution in [3.8, 4) is 5.75 Å². The Labute approximate surface area is 109 Å². The van der Waals surface area contributed by atoms with E-state index in [1.54, 1.807) is 0 Å². The second-order valence-electron chi connectivity index (χ2n) is 5.15. The van der Waals surface area contributed by atoms with Crippen molar-refractivity contribution in [3.63, 3.8) is 0 Å². The van der Waals surface area contributed by atoms with Crippen LogP contribution in [0, 0.1) is 5.92 Å². The summed E-state index contributed by atoms with van der Waals surface area (Å²) in [5.74, 6) is 2.13. The van der Waals surface area contributed by atoms with Gasteiger partial charge in [-0.15, -0.1) is 0 Å². The second kappa shape index (κ2) is 6.76. The van der Waals surface area contributed by atoms with Crippen molar-refractivity contribution in [1.82, 2.24) is 5.32 Å². The maximum atomic E-state index is 8.87. The number of ether oxygens (including phenoxy) is 1. The molecule has 0 amide bonds. The predicted octanol–water partition coefficient (Wildman–Crippen LogP) is 2.16. The molecule has 1 aromatic rings. The number of aliphatic hydroxyl groups is 1. The number of aliphatic hydroxyl groups excluding tert-OH is 1. The highest BCUT2D eigenvalue weighted by Gasteiger charge is 2.20. The van der Waals surface area contributed by atoms with Crippen molar-refractivity contribution in [1.29, 1.82) is 0 Å². The monoisotopic (exact) mass is 249 g/mol. The van der Waals surface area contributed by atoms with Gasteiger partial charge >= 0.3 is 0 Å². The van der Waals surface area contributed by atoms with Gasteiger partial charge in [0.25, 0.3) is 0 Å². The molecule has 1 aromatic carbocycles. The van der Waals surface area contributed by atoms with Crippen LogP contribution in [-0.4, -0.2) is 31.4 Å². The summed E-state index contributed by atoms with van der Waals surface area (Å²) in [6.45, 7) is 5.23. The van der Waals surface area contributed by atoms with Crippen LogP contribution in [0.3, 0.4) is 0 Å². The molecule has 0 bridgehead atoms. The Bertz CT molecular complexity index is 367. The lowest BCUT2D eigenvalue weighted by Crippen LogP contribution is -2.29. The molecule has 3 heteroatoms. The van der Waals surface area contributed by atoms with E-state index in [9.17, 15) is 0 Å². The average Bonchev–Trinajstić information content (AvgIpc) is 2.39. The van der Waals surface area contributed by atoms with Crippen molar-refractivity contribution in [2.45, 2.75) is 25.7 Å². The summed E-state index contributed by atoms with van der Waals surface area (Å²) in [5, 5.41) is 12.4. The van der Waals surface area contributed by atoms with Crippen molar-refractivity contribution >= 4 is 0 Å². The smallest absolute Gasteiger partial charge is 0.122 e. The molecule has 3 nitrogen and oxygen atoms in total. The predicted molar refractivity (Wildman–Crippen MR) is 73.0 cm³/mol. The molecule has 0 radical (unpaired) electrons. The molecule has 0 saturated heterocycles. The molecule has 0 aliphatic carbocycles. The van der Waals surface area contributed by atoms with Gasteiger partial charge in [0, 0.05) is 19.1 Å². The fraction of sp³-hybridized carbons (Fsp3) is 0.600. The van der Waals surface area contributed by atoms with E-state index in [1.165, 1.54) is 5.56 Å². The van der Waals surface area contributed by atoms with Crippen molar-refractivity contribution in [2.24, 2.45) is 5.92 Å². The van der Waals surface area contributed by atoms with Crippen molar-refractivity contribution in [2.75, 3.05) is 26.3 Å². The fourth-order valence-electron chi connectivity index (χ4n) is 2.45. The molecule has 0 spiro atoms. The molecule has 1 aliphatic rings. The topological polar surface area (TPSA) is 41.5 Å². The molecule has 2 rings (SSSR count). The van der Waals surface area contributed by atoms with Gasteiger partial charge in [0.1, 0.15) is 5.75 Å². The number of fused-ring (bicyclic) bond motifs is 1. The van der Waals surface area contributed by atoms with Crippen LogP contribution in [0.1, 0.15) is 31.2 Å². The van der Waals surface area contributed by atoms with E-state index in [0.717, 1.165) is 38.3 Å². The lowest BCUT2D eigenvalue weighted by atomic mass is 9.93. The first-order valence-electron chi connectivity index (χ1n) is 6.84. The third-order valence-corrected chi connectivity index (χ3v) is 3.59. The maximum absolute atomic E-state index is 8.87. The minimum Gasteiger partial charge on any atom is -0.493 e. The molecule has 2 unspecified atom stereocenters. The van der Waals surface area contributed by atoms with Gasteiger partial charge < -0.3 is 15.2 Å². The third kappa shape index (κ3) is 3.47. The highest BCUT2D eigenvalue weighted by atomic mass is 16.5. The summed E-state index contributed by atoms with van der Waals surface area (Å²) in [7, 11) is 0. The van der Waals surface area contributed by atoms with Gasteiger partial charge in [-0.3, -0.25) is 0 Å². The number of nitrogens with one attached hydrogen (secondary N) is 1. The molecule has 0 saturated carbocycles. The zero-order valence-electron chi connectivity index (χ0n) is 11.1. The number of hydrogen-bond donors (Lipinski definition) is 2. The zero-order valence-corrected chi connectivity index (χ0v) is 11.1. The Kier molecular flexibility index (Phi) is 5.02. The van der Waals surface area contributed by atoms with Gasteiger partial charge in [-0.25, -0.2) is 0 Å². The van der Waals surface area contributed by atoms with E-state index >= 15 is 0 Å². The first-order valence-corrected chi connectivity index (χ1v) is 6.84. The minimum absolute atomic E-state index is 0.281. The second-order valence-corrected chi connectivity index (χ2v) is 5.15. The molecular weight excluding hydrogens is 226 g/mol. The Morgan fingerprint density at radius 2 is 2.28 bits per heavy atom. The molecular formula is C15H23NO2. The standard InChI is InChI=1S/C15H23NO2/c1-12(6-8-17)10-16-11-13-7-9-18-15-5-3-2-4-14(13)15/h2-5,12-13,16-17H,6-11H2,1H3. The summed E-state index contributed by atoms with van der Waals surface area (Å²) < 4.78 is 5.66. The van der Waals surface area contributed by atoms with Crippen LogP contribution in [0.5, 0.6) is 5.75 Å². The van der Waals surface area contributed by atoms with E-state index < -0.39 is 0 Å². The van der Waals surface area contributed by atoms with Crippen molar-refractivity contribution < 1.29 is 9.84 Å². The Hall–Kier alpha value is -1.06. The summed E-state index contributed by atoms with van der Waals surface area (Å²) in [6.07, 6.45) is 1.95. The Morgan fingerprint density at radius 3 is 3.11 bits per heavy atom. The lowest BCUT2D eigenvalue weighted by molar-refractivity contribution is 0.252. The van der Waals surface area contributed by atoms with Gasteiger partial charge in [-0.05, 0) is 36.9 Å². The highest BCUT2D eigenvalue weighted by Crippen LogP contribution is 2.32. The average molecular weight is 249 g/mol. The van der Waals surface area contributed by atoms with Gasteiger partial charge in [0.15, 0.2) is 0 Å². The summed E-state index contributed by atoms with van der Waals surface area (Å²) in [4.78, 5) is 0. The van der Waals surface area contributed by atoms with Gasteiger partial charge in [0.05, 0.1) is 6.61 Å². The Morgan fingerprint density at radius 1 is 1.44 bits per heavy atom. The number of rotatable bonds is 6. The number of hydrogen-bond acceptors (Lipinski definition) is 3. The molecule has 18 heavy (non-hydrogen) atoms. The largest absolute Gasteiger partial charge is 0.493 e. The first-order chi connectivity index (χ1) is 8.81. The van der Waals surface area contributed by atoms with E-state index in [0.29, 0.717) is 11.8 Å². The van der Waals surface area contributed by atoms with Gasteiger partial charge in [-0.1, -0.05) is 25.1 Å². The normalized spacial score (nSPS) is 20.0. The molecule has 0 fully saturated rings. The zero-order chi connectivity index (χ0) is 12.8. The van der Waals surface area contributed by atoms with Crippen LogP contribution >= 0.6 is 0 Å². The number of para-hydroxylation sites is 1. The molecule has 1 aliphatic heterocycles. The maximum Gasteiger partial charge on any atom is 0.122 e.